The molecule has 4 N–H and O–H groups in total. The number of carbonyl (C=O) groups is 2. The largest absolute Gasteiger partial charge is 0.458 e. The summed E-state index contributed by atoms with van der Waals surface area (Å²) in [7, 11) is 1.44. The molecule has 1 atom stereocenters. The Hall–Kier alpha value is -3.70. The molecule has 0 saturated heterocycles. The summed E-state index contributed by atoms with van der Waals surface area (Å²) in [5.74, 6) is 0.263. The Balaban J connectivity index is 1.61. The van der Waals surface area contributed by atoms with Crippen LogP contribution in [0.5, 0.6) is 5.75 Å². The van der Waals surface area contributed by atoms with Gasteiger partial charge in [0.25, 0.3) is 0 Å². The number of urea groups is 1. The van der Waals surface area contributed by atoms with E-state index in [-0.39, 0.29) is 5.69 Å². The molecule has 0 fully saturated rings. The first kappa shape index (κ1) is 24.0. The van der Waals surface area contributed by atoms with Crippen LogP contribution in [0.25, 0.3) is 0 Å². The molecule has 1 aliphatic heterocycles. The van der Waals surface area contributed by atoms with Crippen molar-refractivity contribution in [3.05, 3.63) is 77.2 Å². The molecule has 12 heteroatoms. The van der Waals surface area contributed by atoms with Crippen molar-refractivity contribution in [2.75, 3.05) is 17.7 Å². The number of hydrogen-bond acceptors (Lipinski definition) is 5. The molecule has 33 heavy (non-hydrogen) atoms. The maximum absolute atomic E-state index is 12.9. The van der Waals surface area contributed by atoms with Crippen molar-refractivity contribution in [1.29, 1.82) is 0 Å². The highest BCUT2D eigenvalue weighted by atomic mass is 35.5. The molecule has 0 radical (unpaired) electrons. The Morgan fingerprint density at radius 2 is 1.73 bits per heavy atom. The fourth-order valence-electron chi connectivity index (χ4n) is 2.80. The molecule has 0 bridgehead atoms. The van der Waals surface area contributed by atoms with E-state index in [0.29, 0.717) is 17.2 Å². The van der Waals surface area contributed by atoms with Gasteiger partial charge in [0.05, 0.1) is 10.6 Å². The number of rotatable bonds is 5. The average Bonchev–Trinajstić information content (AvgIpc) is 2.76. The van der Waals surface area contributed by atoms with Gasteiger partial charge in [0.1, 0.15) is 11.5 Å². The van der Waals surface area contributed by atoms with Crippen LogP contribution in [0.4, 0.5) is 29.3 Å². The number of hydrogen-bond donors (Lipinski definition) is 4. The standard InChI is InChI=1S/C21H18ClF3N4O4/c1-26-19(30)18-11-15(8-9-29(18)32)33-14-5-2-12(3-6-14)27-20(31)28-13-4-7-17(22)16(10-13)21(23,24)25/h2-11,18,32H,1H3,(H,26,30)(H2,27,28,31). The molecule has 0 aliphatic carbocycles. The highest BCUT2D eigenvalue weighted by molar-refractivity contribution is 6.31. The first-order chi connectivity index (χ1) is 15.6. The second kappa shape index (κ2) is 9.84. The molecule has 0 aromatic heterocycles. The zero-order chi connectivity index (χ0) is 24.2. The molecule has 0 saturated carbocycles. The molecular weight excluding hydrogens is 465 g/mol. The first-order valence-corrected chi connectivity index (χ1v) is 9.76. The van der Waals surface area contributed by atoms with Crippen LogP contribution >= 0.6 is 11.6 Å². The highest BCUT2D eigenvalue weighted by Gasteiger charge is 2.33. The topological polar surface area (TPSA) is 103 Å². The van der Waals surface area contributed by atoms with E-state index in [4.69, 9.17) is 16.3 Å². The molecule has 174 valence electrons. The number of allylic oxidation sites excluding steroid dienone is 1. The van der Waals surface area contributed by atoms with E-state index in [0.717, 1.165) is 17.2 Å². The van der Waals surface area contributed by atoms with Gasteiger partial charge >= 0.3 is 12.2 Å². The van der Waals surface area contributed by atoms with Crippen molar-refractivity contribution >= 4 is 34.9 Å². The van der Waals surface area contributed by atoms with Gasteiger partial charge in [0.15, 0.2) is 6.04 Å². The smallest absolute Gasteiger partial charge is 0.417 e. The minimum absolute atomic E-state index is 0.0798. The van der Waals surface area contributed by atoms with E-state index in [1.807, 2.05) is 0 Å². The summed E-state index contributed by atoms with van der Waals surface area (Å²) < 4.78 is 44.5. The third-order valence-electron chi connectivity index (χ3n) is 4.39. The van der Waals surface area contributed by atoms with Gasteiger partial charge in [-0.2, -0.15) is 13.2 Å². The lowest BCUT2D eigenvalue weighted by Gasteiger charge is -2.24. The zero-order valence-electron chi connectivity index (χ0n) is 17.0. The van der Waals surface area contributed by atoms with Crippen LogP contribution < -0.4 is 20.7 Å². The lowest BCUT2D eigenvalue weighted by atomic mass is 10.2. The van der Waals surface area contributed by atoms with Crippen LogP contribution in [-0.2, 0) is 11.0 Å². The number of anilines is 2. The molecule has 2 aromatic carbocycles. The Kier molecular flexibility index (Phi) is 7.14. The van der Waals surface area contributed by atoms with Gasteiger partial charge in [0.2, 0.25) is 5.91 Å². The van der Waals surface area contributed by atoms with Gasteiger partial charge in [-0.3, -0.25) is 10.0 Å². The van der Waals surface area contributed by atoms with Crippen LogP contribution in [0.3, 0.4) is 0 Å². The maximum Gasteiger partial charge on any atom is 0.417 e. The summed E-state index contributed by atoms with van der Waals surface area (Å²) in [5.41, 5.74) is -0.788. The van der Waals surface area contributed by atoms with Gasteiger partial charge in [-0.1, -0.05) is 11.6 Å². The summed E-state index contributed by atoms with van der Waals surface area (Å²) in [6.45, 7) is 0. The molecule has 0 spiro atoms. The summed E-state index contributed by atoms with van der Waals surface area (Å²) in [5, 5.41) is 17.2. The number of halogens is 4. The van der Waals surface area contributed by atoms with E-state index in [2.05, 4.69) is 16.0 Å². The van der Waals surface area contributed by atoms with Crippen molar-refractivity contribution in [3.63, 3.8) is 0 Å². The Morgan fingerprint density at radius 3 is 2.36 bits per heavy atom. The van der Waals surface area contributed by atoms with Gasteiger partial charge in [0, 0.05) is 24.6 Å². The minimum atomic E-state index is -4.65. The predicted molar refractivity (Wildman–Crippen MR) is 115 cm³/mol. The molecule has 1 heterocycles. The van der Waals surface area contributed by atoms with Crippen LogP contribution in [0, 0.1) is 0 Å². The summed E-state index contributed by atoms with van der Waals surface area (Å²) in [4.78, 5) is 23.9. The van der Waals surface area contributed by atoms with Crippen LogP contribution in [0.1, 0.15) is 5.56 Å². The first-order valence-electron chi connectivity index (χ1n) is 9.38. The van der Waals surface area contributed by atoms with E-state index in [1.54, 1.807) is 0 Å². The molecule has 2 aromatic rings. The van der Waals surface area contributed by atoms with Crippen molar-refractivity contribution < 1.29 is 32.7 Å². The molecule has 3 rings (SSSR count). The third kappa shape index (κ3) is 6.18. The van der Waals surface area contributed by atoms with E-state index < -0.39 is 34.7 Å². The number of nitrogens with one attached hydrogen (secondary N) is 3. The van der Waals surface area contributed by atoms with Crippen LogP contribution in [0.15, 0.2) is 66.6 Å². The molecule has 1 aliphatic rings. The fourth-order valence-corrected chi connectivity index (χ4v) is 3.02. The predicted octanol–water partition coefficient (Wildman–Crippen LogP) is 4.60. The maximum atomic E-state index is 12.9. The number of nitrogens with zero attached hydrogens (tertiary/aromatic N) is 1. The normalized spacial score (nSPS) is 15.5. The molecule has 3 amide bonds. The monoisotopic (exact) mass is 482 g/mol. The lowest BCUT2D eigenvalue weighted by molar-refractivity contribution is -0.138. The van der Waals surface area contributed by atoms with Gasteiger partial charge in [-0.05, 0) is 54.6 Å². The quantitative estimate of drug-likeness (QED) is 0.499. The van der Waals surface area contributed by atoms with Crippen LogP contribution in [-0.4, -0.2) is 35.3 Å². The number of ether oxygens (including phenoxy) is 1. The summed E-state index contributed by atoms with van der Waals surface area (Å²) in [6, 6.07) is 7.43. The summed E-state index contributed by atoms with van der Waals surface area (Å²) in [6.07, 6.45) is -0.504. The van der Waals surface area contributed by atoms with Gasteiger partial charge < -0.3 is 20.7 Å². The highest BCUT2D eigenvalue weighted by Crippen LogP contribution is 2.36. The van der Waals surface area contributed by atoms with Gasteiger partial charge in [-0.15, -0.1) is 0 Å². The van der Waals surface area contributed by atoms with Crippen LogP contribution in [0.2, 0.25) is 5.02 Å². The van der Waals surface area contributed by atoms with Crippen molar-refractivity contribution in [2.24, 2.45) is 0 Å². The number of hydroxylamine groups is 2. The molecular formula is C21H18ClF3N4O4. The fraction of sp³-hybridized carbons (Fsp3) is 0.143. The van der Waals surface area contributed by atoms with E-state index in [9.17, 15) is 28.0 Å². The molecule has 8 nitrogen and oxygen atoms in total. The van der Waals surface area contributed by atoms with Crippen molar-refractivity contribution in [1.82, 2.24) is 10.4 Å². The van der Waals surface area contributed by atoms with E-state index in [1.165, 1.54) is 55.7 Å². The summed E-state index contributed by atoms with van der Waals surface area (Å²) >= 11 is 5.57. The number of carbonyl (C=O) groups excluding carboxylic acids is 2. The van der Waals surface area contributed by atoms with Crippen molar-refractivity contribution in [2.45, 2.75) is 12.2 Å². The zero-order valence-corrected chi connectivity index (χ0v) is 17.7. The lowest BCUT2D eigenvalue weighted by Crippen LogP contribution is -2.42. The Bertz CT molecular complexity index is 1100. The average molecular weight is 483 g/mol. The Morgan fingerprint density at radius 1 is 1.09 bits per heavy atom. The van der Waals surface area contributed by atoms with Crippen molar-refractivity contribution in [3.8, 4) is 5.75 Å². The van der Waals surface area contributed by atoms with Gasteiger partial charge in [-0.25, -0.2) is 9.86 Å². The number of likely N-dealkylation sites (N-methyl/N-ethyl adjacent to an activating group) is 1. The minimum Gasteiger partial charge on any atom is -0.458 e. The second-order valence-electron chi connectivity index (χ2n) is 6.72. The second-order valence-corrected chi connectivity index (χ2v) is 7.13. The Labute approximate surface area is 191 Å². The number of alkyl halides is 3. The number of benzene rings is 2. The SMILES string of the molecule is CNC(=O)C1C=C(Oc2ccc(NC(=O)Nc3ccc(Cl)c(C(F)(F)F)c3)cc2)C=CN1O. The molecule has 1 unspecified atom stereocenters. The van der Waals surface area contributed by atoms with E-state index >= 15 is 0 Å². The number of amides is 3. The third-order valence-corrected chi connectivity index (χ3v) is 4.72.